The first kappa shape index (κ1) is 47.6. The Morgan fingerprint density at radius 1 is 0.672 bits per heavy atom. The zero-order valence-corrected chi connectivity index (χ0v) is 34.8. The molecule has 0 aliphatic carbocycles. The highest BCUT2D eigenvalue weighted by atomic mass is 19.4. The fourth-order valence-corrected chi connectivity index (χ4v) is 6.10. The van der Waals surface area contributed by atoms with Crippen molar-refractivity contribution in [1.29, 1.82) is 0 Å². The highest BCUT2D eigenvalue weighted by molar-refractivity contribution is 5.90. The van der Waals surface area contributed by atoms with E-state index >= 15 is 0 Å². The Bertz CT molecular complexity index is 3440. The summed E-state index contributed by atoms with van der Waals surface area (Å²) in [5.41, 5.74) is 1.91. The number of carboxylic acids is 1. The van der Waals surface area contributed by atoms with Crippen molar-refractivity contribution < 1.29 is 41.0 Å². The summed E-state index contributed by atoms with van der Waals surface area (Å²) in [5, 5.41) is 11.1. The number of carboxylic acid groups (broad SMARTS) is 1. The van der Waals surface area contributed by atoms with Crippen LogP contribution in [0.4, 0.5) is 38.0 Å². The van der Waals surface area contributed by atoms with Gasteiger partial charge in [0.2, 0.25) is 5.91 Å². The van der Waals surface area contributed by atoms with E-state index in [2.05, 4.69) is 55.2 Å². The molecule has 29 heteroatoms. The van der Waals surface area contributed by atoms with Crippen LogP contribution < -0.4 is 33.5 Å². The minimum absolute atomic E-state index is 0.0163. The van der Waals surface area contributed by atoms with Crippen molar-refractivity contribution in [2.45, 2.75) is 39.3 Å². The number of imidazole rings is 2. The minimum atomic E-state index is -4.58. The van der Waals surface area contributed by atoms with Gasteiger partial charge in [0.1, 0.15) is 18.9 Å². The molecular formula is C38H32F6N16O7. The summed E-state index contributed by atoms with van der Waals surface area (Å²) in [7, 11) is 2.86. The van der Waals surface area contributed by atoms with Gasteiger partial charge in [-0.15, -0.1) is 0 Å². The second kappa shape index (κ2) is 18.7. The molecule has 0 atom stereocenters. The number of aromatic amines is 2. The fraction of sp³-hybridized carbons (Fsp3) is 0.211. The summed E-state index contributed by atoms with van der Waals surface area (Å²) < 4.78 is 82.4. The predicted molar refractivity (Wildman–Crippen MR) is 222 cm³/mol. The number of anilines is 2. The highest BCUT2D eigenvalue weighted by Crippen LogP contribution is 2.34. The van der Waals surface area contributed by atoms with Crippen LogP contribution in [0.15, 0.2) is 81.1 Å². The van der Waals surface area contributed by atoms with Crippen LogP contribution in [0.2, 0.25) is 0 Å². The molecule has 23 nitrogen and oxygen atoms in total. The molecule has 0 saturated heterocycles. The number of nitrogens with one attached hydrogen (secondary N) is 3. The van der Waals surface area contributed by atoms with E-state index in [0.717, 1.165) is 21.3 Å². The van der Waals surface area contributed by atoms with E-state index in [4.69, 9.17) is 10.8 Å². The van der Waals surface area contributed by atoms with Crippen LogP contribution in [0.1, 0.15) is 22.5 Å². The van der Waals surface area contributed by atoms with Gasteiger partial charge in [-0.3, -0.25) is 58.2 Å². The standard InChI is InChI=1S/C19H15F3N8O3.C11H9F3N4.C8H8N4O4/c1-9-11(19(20,21)22)3-10(4-24-9)12-5-23-6-13(26-12)27-14(31)7-30-8-25-16-15(30)17(32)28-18(33)29(16)2;1-6-8(11(12,13)14)2-7(3-17-6)9-4-16-5-10(15)18-9;1-11-6-5(7(15)10-8(11)16)12(3-9-6)2-4(13)14/h3-6,8H,7H2,1-2H3,(H,26,27,31)(H,28,32,33);2-5H,1H3,(H2,15,18);3H,2H2,1H3,(H,13,14)(H,10,15,16). The normalized spacial score (nSPS) is 11.4. The van der Waals surface area contributed by atoms with Gasteiger partial charge in [-0.2, -0.15) is 26.3 Å². The minimum Gasteiger partial charge on any atom is -0.480 e. The number of aryl methyl sites for hydroxylation is 4. The van der Waals surface area contributed by atoms with Crippen molar-refractivity contribution in [3.63, 3.8) is 0 Å². The molecule has 0 radical (unpaired) electrons. The molecule has 6 N–H and O–H groups in total. The third-order valence-corrected chi connectivity index (χ3v) is 9.30. The monoisotopic (exact) mass is 938 g/mol. The second-order valence-electron chi connectivity index (χ2n) is 14.0. The Morgan fingerprint density at radius 2 is 1.12 bits per heavy atom. The lowest BCUT2D eigenvalue weighted by Crippen LogP contribution is -2.30. The number of hydrogen-bond donors (Lipinski definition) is 5. The summed E-state index contributed by atoms with van der Waals surface area (Å²) in [5.74, 6) is -1.57. The third-order valence-electron chi connectivity index (χ3n) is 9.30. The van der Waals surface area contributed by atoms with Crippen molar-refractivity contribution in [3.05, 3.63) is 126 Å². The molecule has 8 aromatic rings. The number of pyridine rings is 2. The Balaban J connectivity index is 0.000000183. The number of carbonyl (C=O) groups excluding carboxylic acids is 1. The zero-order valence-electron chi connectivity index (χ0n) is 34.8. The van der Waals surface area contributed by atoms with Gasteiger partial charge in [0.15, 0.2) is 28.1 Å². The number of nitrogens with zero attached hydrogens (tertiary/aromatic N) is 12. The van der Waals surface area contributed by atoms with Gasteiger partial charge < -0.3 is 25.3 Å². The number of aromatic nitrogens is 14. The molecule has 0 unspecified atom stereocenters. The summed E-state index contributed by atoms with van der Waals surface area (Å²) in [6.07, 6.45) is 1.08. The quantitative estimate of drug-likeness (QED) is 0.143. The molecule has 0 spiro atoms. The maximum Gasteiger partial charge on any atom is 0.418 e. The number of aliphatic carboxylic acids is 1. The maximum atomic E-state index is 13.2. The van der Waals surface area contributed by atoms with Gasteiger partial charge in [0.25, 0.3) is 11.1 Å². The molecule has 8 heterocycles. The largest absolute Gasteiger partial charge is 0.480 e. The molecule has 8 rings (SSSR count). The lowest BCUT2D eigenvalue weighted by atomic mass is 10.1. The number of halogens is 6. The van der Waals surface area contributed by atoms with Gasteiger partial charge in [-0.25, -0.2) is 29.5 Å². The molecule has 0 fully saturated rings. The van der Waals surface area contributed by atoms with Crippen LogP contribution in [0.25, 0.3) is 44.8 Å². The average Bonchev–Trinajstić information content (AvgIpc) is 3.87. The van der Waals surface area contributed by atoms with Crippen LogP contribution >= 0.6 is 0 Å². The van der Waals surface area contributed by atoms with Gasteiger partial charge in [0, 0.05) is 49.0 Å². The number of carbonyl (C=O) groups is 2. The molecule has 0 aliphatic heterocycles. The molecular weight excluding hydrogens is 907 g/mol. The van der Waals surface area contributed by atoms with E-state index in [1.54, 1.807) is 0 Å². The maximum absolute atomic E-state index is 13.2. The lowest BCUT2D eigenvalue weighted by molar-refractivity contribution is -0.139. The number of amides is 1. The molecule has 0 aliphatic rings. The molecule has 0 aromatic carbocycles. The number of rotatable bonds is 7. The predicted octanol–water partition coefficient (Wildman–Crippen LogP) is 2.20. The first-order valence-electron chi connectivity index (χ1n) is 18.7. The molecule has 67 heavy (non-hydrogen) atoms. The van der Waals surface area contributed by atoms with Crippen molar-refractivity contribution in [2.75, 3.05) is 11.1 Å². The Kier molecular flexibility index (Phi) is 13.2. The number of fused-ring (bicyclic) bond motifs is 2. The number of nitrogen functional groups attached to an aromatic ring is 1. The zero-order chi connectivity index (χ0) is 49.1. The summed E-state index contributed by atoms with van der Waals surface area (Å²) in [6.45, 7) is 1.83. The van der Waals surface area contributed by atoms with Gasteiger partial charge in [0.05, 0.1) is 60.0 Å². The summed E-state index contributed by atoms with van der Waals surface area (Å²) in [4.78, 5) is 105. The second-order valence-corrected chi connectivity index (χ2v) is 14.0. The van der Waals surface area contributed by atoms with E-state index < -0.39 is 57.9 Å². The van der Waals surface area contributed by atoms with Gasteiger partial charge in [-0.1, -0.05) is 0 Å². The van der Waals surface area contributed by atoms with Gasteiger partial charge in [-0.05, 0) is 26.0 Å². The van der Waals surface area contributed by atoms with Crippen LogP contribution in [0, 0.1) is 13.8 Å². The number of hydrogen-bond acceptors (Lipinski definition) is 15. The van der Waals surface area contributed by atoms with E-state index in [0.29, 0.717) is 0 Å². The lowest BCUT2D eigenvalue weighted by Gasteiger charge is -2.11. The average molecular weight is 939 g/mol. The molecule has 8 aromatic heterocycles. The van der Waals surface area contributed by atoms with Crippen LogP contribution in [0.3, 0.4) is 0 Å². The van der Waals surface area contributed by atoms with E-state index in [-0.39, 0.29) is 81.0 Å². The first-order valence-corrected chi connectivity index (χ1v) is 18.7. The number of nitrogens with two attached hydrogens (primary N) is 1. The van der Waals surface area contributed by atoms with Gasteiger partial charge >= 0.3 is 29.7 Å². The molecule has 0 saturated carbocycles. The topological polar surface area (TPSA) is 315 Å². The smallest absolute Gasteiger partial charge is 0.418 e. The van der Waals surface area contributed by atoms with E-state index in [1.165, 1.54) is 86.9 Å². The van der Waals surface area contributed by atoms with Crippen molar-refractivity contribution >= 4 is 45.8 Å². The van der Waals surface area contributed by atoms with Crippen LogP contribution in [0.5, 0.6) is 0 Å². The van der Waals surface area contributed by atoms with E-state index in [1.807, 2.05) is 0 Å². The first-order chi connectivity index (χ1) is 31.4. The molecule has 348 valence electrons. The van der Waals surface area contributed by atoms with Crippen molar-refractivity contribution in [1.82, 2.24) is 68.1 Å². The highest BCUT2D eigenvalue weighted by Gasteiger charge is 2.34. The SMILES string of the molecule is Cc1ncc(-c2cncc(N)n2)cc1C(F)(F)F.Cc1ncc(-c2cncc(NC(=O)Cn3cnc4c3c(=O)[nH]c(=O)n4C)n2)cc1C(F)(F)F.Cn1c(=O)[nH]c(=O)c2c1ncn2CC(=O)O. The van der Waals surface area contributed by atoms with Crippen LogP contribution in [-0.4, -0.2) is 85.1 Å². The Morgan fingerprint density at radius 3 is 1.57 bits per heavy atom. The fourth-order valence-electron chi connectivity index (χ4n) is 6.10. The Hall–Kier alpha value is -8.92. The van der Waals surface area contributed by atoms with E-state index in [9.17, 15) is 55.1 Å². The summed E-state index contributed by atoms with van der Waals surface area (Å²) in [6, 6.07) is 1.90. The van der Waals surface area contributed by atoms with Crippen molar-refractivity contribution in [2.24, 2.45) is 14.1 Å². The number of H-pyrrole nitrogens is 2. The Labute approximate surface area is 367 Å². The van der Waals surface area contributed by atoms with Crippen molar-refractivity contribution in [3.8, 4) is 22.5 Å². The third kappa shape index (κ3) is 10.7. The summed E-state index contributed by atoms with van der Waals surface area (Å²) >= 11 is 0. The number of alkyl halides is 6. The van der Waals surface area contributed by atoms with Crippen LogP contribution in [-0.2, 0) is 49.1 Å². The molecule has 1 amide bonds. The molecule has 0 bridgehead atoms.